The molecule has 0 aromatic heterocycles. The van der Waals surface area contributed by atoms with Crippen LogP contribution in [0.5, 0.6) is 0 Å². The quantitative estimate of drug-likeness (QED) is 0.680. The van der Waals surface area contributed by atoms with E-state index in [-0.39, 0.29) is 6.44 Å². The highest BCUT2D eigenvalue weighted by Crippen LogP contribution is 2.16. The van der Waals surface area contributed by atoms with E-state index in [9.17, 15) is 8.42 Å². The van der Waals surface area contributed by atoms with Gasteiger partial charge in [-0.2, -0.15) is 0 Å². The molecule has 1 rings (SSSR count). The minimum Gasteiger partial charge on any atom is -0.426 e. The van der Waals surface area contributed by atoms with E-state index < -0.39 is 17.1 Å². The second kappa shape index (κ2) is 4.65. The summed E-state index contributed by atoms with van der Waals surface area (Å²) in [6.07, 6.45) is 0.644. The number of para-hydroxylation sites is 1. The van der Waals surface area contributed by atoms with E-state index in [4.69, 9.17) is 10.0 Å². The molecule has 82 valence electrons. The van der Waals surface area contributed by atoms with E-state index in [1.165, 1.54) is 0 Å². The Morgan fingerprint density at radius 3 is 2.20 bits per heavy atom. The van der Waals surface area contributed by atoms with Crippen molar-refractivity contribution in [2.45, 2.75) is 0 Å². The van der Waals surface area contributed by atoms with Crippen molar-refractivity contribution in [3.63, 3.8) is 0 Å². The van der Waals surface area contributed by atoms with Crippen LogP contribution in [-0.4, -0.2) is 38.3 Å². The monoisotopic (exact) mass is 229 g/mol. The molecule has 0 spiro atoms. The van der Waals surface area contributed by atoms with Gasteiger partial charge in [0.05, 0.1) is 18.4 Å². The first-order valence-electron chi connectivity index (χ1n) is 4.30. The lowest BCUT2D eigenvalue weighted by Gasteiger charge is -2.21. The van der Waals surface area contributed by atoms with E-state index in [2.05, 4.69) is 0 Å². The Balaban J connectivity index is 3.03. The number of sulfonamides is 1. The van der Waals surface area contributed by atoms with E-state index in [0.29, 0.717) is 5.69 Å². The van der Waals surface area contributed by atoms with Gasteiger partial charge in [0, 0.05) is 0 Å². The molecular weight excluding hydrogens is 217 g/mol. The summed E-state index contributed by atoms with van der Waals surface area (Å²) in [6.45, 7) is 0. The average molecular weight is 229 g/mol. The normalized spacial score (nSPS) is 11.1. The summed E-state index contributed by atoms with van der Waals surface area (Å²) >= 11 is 0. The van der Waals surface area contributed by atoms with Crippen LogP contribution in [0.4, 0.5) is 5.69 Å². The Kier molecular flexibility index (Phi) is 3.73. The van der Waals surface area contributed by atoms with Crippen molar-refractivity contribution in [3.05, 3.63) is 30.3 Å². The fraction of sp³-hybridized carbons (Fsp3) is 0.250. The third-order valence-electron chi connectivity index (χ3n) is 1.77. The zero-order valence-corrected chi connectivity index (χ0v) is 9.05. The predicted octanol–water partition coefficient (Wildman–Crippen LogP) is -0.535. The zero-order valence-electron chi connectivity index (χ0n) is 8.24. The summed E-state index contributed by atoms with van der Waals surface area (Å²) in [5.41, 5.74) is 0.410. The van der Waals surface area contributed by atoms with Crippen LogP contribution < -0.4 is 4.31 Å². The Labute approximate surface area is 89.2 Å². The highest BCUT2D eigenvalue weighted by atomic mass is 32.2. The summed E-state index contributed by atoms with van der Waals surface area (Å²) in [5.74, 6) is 0. The van der Waals surface area contributed by atoms with Gasteiger partial charge < -0.3 is 10.0 Å². The molecule has 0 amide bonds. The second-order valence-corrected chi connectivity index (χ2v) is 5.02. The van der Waals surface area contributed by atoms with Crippen molar-refractivity contribution in [1.82, 2.24) is 0 Å². The van der Waals surface area contributed by atoms with Crippen LogP contribution in [0.3, 0.4) is 0 Å². The first kappa shape index (κ1) is 12.0. The molecule has 0 radical (unpaired) electrons. The first-order valence-corrected chi connectivity index (χ1v) is 6.15. The van der Waals surface area contributed by atoms with Gasteiger partial charge >= 0.3 is 7.12 Å². The number of benzene rings is 1. The molecule has 0 unspecified atom stereocenters. The molecule has 0 bridgehead atoms. The number of hydrogen-bond donors (Lipinski definition) is 2. The lowest BCUT2D eigenvalue weighted by molar-refractivity contribution is 0.407. The van der Waals surface area contributed by atoms with Crippen LogP contribution >= 0.6 is 0 Å². The minimum atomic E-state index is -3.50. The smallest absolute Gasteiger partial charge is 0.426 e. The highest BCUT2D eigenvalue weighted by Gasteiger charge is 2.22. The molecule has 15 heavy (non-hydrogen) atoms. The molecular formula is C8H12BNO4S. The number of rotatable bonds is 4. The Morgan fingerprint density at radius 1 is 1.27 bits per heavy atom. The molecule has 0 aliphatic carbocycles. The van der Waals surface area contributed by atoms with Crippen molar-refractivity contribution in [2.24, 2.45) is 0 Å². The summed E-state index contributed by atoms with van der Waals surface area (Å²) in [7, 11) is -5.19. The zero-order chi connectivity index (χ0) is 11.5. The largest absolute Gasteiger partial charge is 0.473 e. The lowest BCUT2D eigenvalue weighted by atomic mass is 9.92. The van der Waals surface area contributed by atoms with Crippen molar-refractivity contribution >= 4 is 22.8 Å². The molecule has 0 fully saturated rings. The van der Waals surface area contributed by atoms with E-state index in [1.807, 2.05) is 0 Å². The maximum absolute atomic E-state index is 11.4. The molecule has 7 heteroatoms. The Hall–Kier alpha value is -1.05. The SMILES string of the molecule is CS(=O)(=O)N(CB(O)O)c1ccccc1. The molecule has 0 aliphatic rings. The third kappa shape index (κ3) is 3.54. The van der Waals surface area contributed by atoms with Gasteiger partial charge in [-0.1, -0.05) is 18.2 Å². The van der Waals surface area contributed by atoms with Crippen molar-refractivity contribution in [3.8, 4) is 0 Å². The van der Waals surface area contributed by atoms with Crippen LogP contribution in [0.25, 0.3) is 0 Å². The van der Waals surface area contributed by atoms with Gasteiger partial charge in [0.1, 0.15) is 0 Å². The lowest BCUT2D eigenvalue weighted by Crippen LogP contribution is -2.39. The van der Waals surface area contributed by atoms with Gasteiger partial charge in [-0.05, 0) is 12.1 Å². The fourth-order valence-corrected chi connectivity index (χ4v) is 2.08. The summed E-state index contributed by atoms with van der Waals surface area (Å²) in [6, 6.07) is 8.28. The average Bonchev–Trinajstić information content (AvgIpc) is 2.14. The van der Waals surface area contributed by atoms with E-state index in [1.54, 1.807) is 30.3 Å². The molecule has 0 atom stereocenters. The van der Waals surface area contributed by atoms with Crippen LogP contribution in [0.2, 0.25) is 0 Å². The van der Waals surface area contributed by atoms with Crippen molar-refractivity contribution < 1.29 is 18.5 Å². The van der Waals surface area contributed by atoms with E-state index >= 15 is 0 Å². The molecule has 1 aromatic rings. The van der Waals surface area contributed by atoms with E-state index in [0.717, 1.165) is 10.6 Å². The first-order chi connectivity index (χ1) is 6.91. The van der Waals surface area contributed by atoms with Gasteiger partial charge in [-0.15, -0.1) is 0 Å². The van der Waals surface area contributed by atoms with Crippen molar-refractivity contribution in [2.75, 3.05) is 17.0 Å². The van der Waals surface area contributed by atoms with Gasteiger partial charge in [0.2, 0.25) is 10.0 Å². The minimum absolute atomic E-state index is 0.372. The molecule has 0 saturated heterocycles. The molecule has 0 saturated carbocycles. The topological polar surface area (TPSA) is 77.8 Å². The van der Waals surface area contributed by atoms with Crippen LogP contribution in [0.15, 0.2) is 30.3 Å². The van der Waals surface area contributed by atoms with Crippen LogP contribution in [-0.2, 0) is 10.0 Å². The third-order valence-corrected chi connectivity index (χ3v) is 2.93. The molecule has 0 heterocycles. The van der Waals surface area contributed by atoms with Crippen LogP contribution in [0.1, 0.15) is 0 Å². The number of hydrogen-bond acceptors (Lipinski definition) is 4. The standard InChI is InChI=1S/C8H12BNO4S/c1-15(13,14)10(7-9(11)12)8-5-3-2-4-6-8/h2-6,11-12H,7H2,1H3. The molecule has 0 aliphatic heterocycles. The number of nitrogens with zero attached hydrogens (tertiary/aromatic N) is 1. The molecule has 5 nitrogen and oxygen atoms in total. The van der Waals surface area contributed by atoms with Crippen molar-refractivity contribution in [1.29, 1.82) is 0 Å². The Morgan fingerprint density at radius 2 is 1.80 bits per heavy atom. The van der Waals surface area contributed by atoms with Gasteiger partial charge in [0.25, 0.3) is 0 Å². The second-order valence-electron chi connectivity index (χ2n) is 3.11. The number of anilines is 1. The van der Waals surface area contributed by atoms with Crippen LogP contribution in [0, 0.1) is 0 Å². The van der Waals surface area contributed by atoms with Gasteiger partial charge in [-0.3, -0.25) is 4.31 Å². The summed E-state index contributed by atoms with van der Waals surface area (Å²) < 4.78 is 23.7. The maximum atomic E-state index is 11.4. The maximum Gasteiger partial charge on any atom is 0.473 e. The highest BCUT2D eigenvalue weighted by molar-refractivity contribution is 7.92. The summed E-state index contributed by atoms with van der Waals surface area (Å²) in [5, 5.41) is 17.6. The predicted molar refractivity (Wildman–Crippen MR) is 58.8 cm³/mol. The summed E-state index contributed by atoms with van der Waals surface area (Å²) in [4.78, 5) is 0. The molecule has 1 aromatic carbocycles. The van der Waals surface area contributed by atoms with Gasteiger partial charge in [0.15, 0.2) is 0 Å². The van der Waals surface area contributed by atoms with Gasteiger partial charge in [-0.25, -0.2) is 8.42 Å². The Bertz CT molecular complexity index is 406. The fourth-order valence-electron chi connectivity index (χ4n) is 1.17. The molecule has 2 N–H and O–H groups in total.